The van der Waals surface area contributed by atoms with Gasteiger partial charge in [-0.2, -0.15) is 0 Å². The third kappa shape index (κ3) is 5.06. The standard InChI is InChI=1S/C25H31ClFN5O3/c1-13(2)35-22-17(14(3)24-31-15(4)21-23(28)29-7-8-32(21)24)10-18(26)20(27)19(22)25(33)30-11-16-6-5-9-34-12-16/h7-8,10,13-14,16H,5-6,9,11-12H2,1-4H3,(H2,28,29)(H,30,33)/t14-,16?/m0/s1. The van der Waals surface area contributed by atoms with Crippen LogP contribution in [-0.4, -0.2) is 46.1 Å². The highest BCUT2D eigenvalue weighted by Crippen LogP contribution is 2.40. The maximum absolute atomic E-state index is 15.3. The number of hydrogen-bond donors (Lipinski definition) is 2. The van der Waals surface area contributed by atoms with Crippen LogP contribution in [0, 0.1) is 18.7 Å². The molecule has 0 saturated carbocycles. The van der Waals surface area contributed by atoms with Gasteiger partial charge in [0, 0.05) is 37.0 Å². The van der Waals surface area contributed by atoms with E-state index in [9.17, 15) is 4.79 Å². The van der Waals surface area contributed by atoms with Gasteiger partial charge in [-0.1, -0.05) is 18.5 Å². The lowest BCUT2D eigenvalue weighted by Gasteiger charge is -2.24. The number of amides is 1. The van der Waals surface area contributed by atoms with Crippen LogP contribution >= 0.6 is 11.6 Å². The van der Waals surface area contributed by atoms with E-state index in [0.29, 0.717) is 41.6 Å². The quantitative estimate of drug-likeness (QED) is 0.491. The summed E-state index contributed by atoms with van der Waals surface area (Å²) < 4.78 is 28.7. The first-order valence-corrected chi connectivity index (χ1v) is 12.2. The fourth-order valence-electron chi connectivity index (χ4n) is 4.52. The number of aryl methyl sites for hydroxylation is 1. The number of ether oxygens (including phenoxy) is 2. The summed E-state index contributed by atoms with van der Waals surface area (Å²) in [6, 6.07) is 1.51. The number of fused-ring (bicyclic) bond motifs is 1. The van der Waals surface area contributed by atoms with E-state index in [4.69, 9.17) is 31.8 Å². The number of aromatic nitrogens is 3. The van der Waals surface area contributed by atoms with Crippen LogP contribution in [0.3, 0.4) is 0 Å². The summed E-state index contributed by atoms with van der Waals surface area (Å²) >= 11 is 6.31. The lowest BCUT2D eigenvalue weighted by atomic mass is 9.95. The minimum absolute atomic E-state index is 0.156. The number of carbonyl (C=O) groups excluding carboxylic acids is 1. The van der Waals surface area contributed by atoms with Crippen LogP contribution in [0.25, 0.3) is 5.52 Å². The van der Waals surface area contributed by atoms with Gasteiger partial charge in [-0.15, -0.1) is 0 Å². The third-order valence-corrected chi connectivity index (χ3v) is 6.50. The van der Waals surface area contributed by atoms with Gasteiger partial charge >= 0.3 is 0 Å². The van der Waals surface area contributed by atoms with Crippen LogP contribution in [0.1, 0.15) is 67.0 Å². The smallest absolute Gasteiger partial charge is 0.258 e. The number of nitrogens with one attached hydrogen (secondary N) is 1. The molecule has 10 heteroatoms. The van der Waals surface area contributed by atoms with Crippen molar-refractivity contribution in [1.29, 1.82) is 0 Å². The number of benzene rings is 1. The lowest BCUT2D eigenvalue weighted by Crippen LogP contribution is -2.34. The molecule has 188 valence electrons. The van der Waals surface area contributed by atoms with Crippen LogP contribution in [0.4, 0.5) is 10.2 Å². The van der Waals surface area contributed by atoms with E-state index in [1.807, 2.05) is 32.1 Å². The lowest BCUT2D eigenvalue weighted by molar-refractivity contribution is 0.0535. The number of carbonyl (C=O) groups is 1. The molecule has 0 radical (unpaired) electrons. The molecule has 35 heavy (non-hydrogen) atoms. The maximum atomic E-state index is 15.3. The molecule has 3 N–H and O–H groups in total. The first kappa shape index (κ1) is 25.2. The van der Waals surface area contributed by atoms with Crippen molar-refractivity contribution in [3.8, 4) is 5.75 Å². The average Bonchev–Trinajstić information content (AvgIpc) is 3.17. The first-order chi connectivity index (χ1) is 16.7. The number of halogens is 2. The summed E-state index contributed by atoms with van der Waals surface area (Å²) in [5.74, 6) is -0.440. The zero-order valence-electron chi connectivity index (χ0n) is 20.4. The molecule has 1 aromatic carbocycles. The summed E-state index contributed by atoms with van der Waals surface area (Å²) in [6.45, 7) is 9.08. The fraction of sp³-hybridized carbons (Fsp3) is 0.480. The minimum Gasteiger partial charge on any atom is -0.490 e. The zero-order chi connectivity index (χ0) is 25.3. The van der Waals surface area contributed by atoms with E-state index in [1.165, 1.54) is 6.07 Å². The van der Waals surface area contributed by atoms with Crippen LogP contribution in [0.2, 0.25) is 5.02 Å². The predicted octanol–water partition coefficient (Wildman–Crippen LogP) is 4.51. The minimum atomic E-state index is -0.812. The van der Waals surface area contributed by atoms with E-state index in [-0.39, 0.29) is 28.4 Å². The fourth-order valence-corrected chi connectivity index (χ4v) is 4.73. The van der Waals surface area contributed by atoms with Gasteiger partial charge in [0.2, 0.25) is 0 Å². The molecular weight excluding hydrogens is 473 g/mol. The number of rotatable bonds is 7. The van der Waals surface area contributed by atoms with Crippen LogP contribution in [0.15, 0.2) is 18.5 Å². The summed E-state index contributed by atoms with van der Waals surface area (Å²) in [4.78, 5) is 22.1. The van der Waals surface area contributed by atoms with E-state index in [2.05, 4.69) is 10.3 Å². The van der Waals surface area contributed by atoms with E-state index >= 15 is 4.39 Å². The zero-order valence-corrected chi connectivity index (χ0v) is 21.2. The van der Waals surface area contributed by atoms with Crippen molar-refractivity contribution in [2.75, 3.05) is 25.5 Å². The molecule has 1 unspecified atom stereocenters. The second-order valence-corrected chi connectivity index (χ2v) is 9.64. The number of nitrogens with zero attached hydrogens (tertiary/aromatic N) is 3. The van der Waals surface area contributed by atoms with Crippen LogP contribution in [-0.2, 0) is 4.74 Å². The first-order valence-electron chi connectivity index (χ1n) is 11.8. The van der Waals surface area contributed by atoms with Gasteiger partial charge in [-0.25, -0.2) is 14.4 Å². The van der Waals surface area contributed by atoms with E-state index in [1.54, 1.807) is 12.4 Å². The molecule has 3 aromatic rings. The summed E-state index contributed by atoms with van der Waals surface area (Å²) in [7, 11) is 0. The van der Waals surface area contributed by atoms with Gasteiger partial charge in [-0.3, -0.25) is 9.20 Å². The SMILES string of the molecule is Cc1nc([C@@H](C)c2cc(Cl)c(F)c(C(=O)NCC3CCCOC3)c2OC(C)C)n2ccnc(N)c12. The molecule has 1 amide bonds. The topological polar surface area (TPSA) is 104 Å². The average molecular weight is 504 g/mol. The third-order valence-electron chi connectivity index (χ3n) is 6.23. The van der Waals surface area contributed by atoms with Gasteiger partial charge in [-0.05, 0) is 45.6 Å². The Hall–Kier alpha value is -2.91. The van der Waals surface area contributed by atoms with Crippen LogP contribution in [0.5, 0.6) is 5.75 Å². The van der Waals surface area contributed by atoms with E-state index < -0.39 is 17.6 Å². The largest absolute Gasteiger partial charge is 0.490 e. The summed E-state index contributed by atoms with van der Waals surface area (Å²) in [6.07, 6.45) is 4.94. The highest BCUT2D eigenvalue weighted by atomic mass is 35.5. The number of anilines is 1. The van der Waals surface area contributed by atoms with Gasteiger partial charge < -0.3 is 20.5 Å². The van der Waals surface area contributed by atoms with Crippen LogP contribution < -0.4 is 15.8 Å². The highest BCUT2D eigenvalue weighted by molar-refractivity contribution is 6.31. The van der Waals surface area contributed by atoms with E-state index in [0.717, 1.165) is 19.4 Å². The Morgan fingerprint density at radius 2 is 2.20 bits per heavy atom. The van der Waals surface area contributed by atoms with Crippen molar-refractivity contribution >= 4 is 28.8 Å². The Morgan fingerprint density at radius 1 is 1.43 bits per heavy atom. The van der Waals surface area contributed by atoms with Gasteiger partial charge in [0.05, 0.1) is 23.4 Å². The second kappa shape index (κ2) is 10.4. The van der Waals surface area contributed by atoms with Gasteiger partial charge in [0.25, 0.3) is 5.91 Å². The van der Waals surface area contributed by atoms with Crippen molar-refractivity contribution in [2.45, 2.75) is 52.6 Å². The Kier molecular flexibility index (Phi) is 7.47. The Morgan fingerprint density at radius 3 is 2.89 bits per heavy atom. The molecule has 0 aliphatic carbocycles. The predicted molar refractivity (Wildman–Crippen MR) is 133 cm³/mol. The summed E-state index contributed by atoms with van der Waals surface area (Å²) in [5, 5.41) is 2.69. The number of nitrogen functional groups attached to an aromatic ring is 1. The van der Waals surface area contributed by atoms with Crippen molar-refractivity contribution in [1.82, 2.24) is 19.7 Å². The molecular formula is C25H31ClFN5O3. The summed E-state index contributed by atoms with van der Waals surface area (Å²) in [5.41, 5.74) is 7.84. The normalized spacial score (nSPS) is 17.1. The molecule has 2 aromatic heterocycles. The number of hydrogen-bond acceptors (Lipinski definition) is 6. The van der Waals surface area contributed by atoms with Gasteiger partial charge in [0.15, 0.2) is 5.82 Å². The highest BCUT2D eigenvalue weighted by Gasteiger charge is 2.30. The molecule has 2 atom stereocenters. The maximum Gasteiger partial charge on any atom is 0.258 e. The Labute approximate surface area is 209 Å². The number of nitrogens with two attached hydrogens (primary N) is 1. The molecule has 8 nitrogen and oxygen atoms in total. The van der Waals surface area contributed by atoms with Crippen molar-refractivity contribution in [3.63, 3.8) is 0 Å². The molecule has 4 rings (SSSR count). The molecule has 0 spiro atoms. The van der Waals surface area contributed by atoms with Crippen molar-refractivity contribution < 1.29 is 18.7 Å². The van der Waals surface area contributed by atoms with Crippen molar-refractivity contribution in [3.05, 3.63) is 51.9 Å². The van der Waals surface area contributed by atoms with Gasteiger partial charge in [0.1, 0.15) is 28.5 Å². The Bertz CT molecular complexity index is 1240. The second-order valence-electron chi connectivity index (χ2n) is 9.23. The molecule has 1 saturated heterocycles. The monoisotopic (exact) mass is 503 g/mol. The molecule has 1 aliphatic heterocycles. The Balaban J connectivity index is 1.78. The molecule has 3 heterocycles. The van der Waals surface area contributed by atoms with Crippen molar-refractivity contribution in [2.24, 2.45) is 5.92 Å². The molecule has 1 aliphatic rings. The molecule has 0 bridgehead atoms. The molecule has 1 fully saturated rings. The number of imidazole rings is 1.